The molecule has 12 heavy (non-hydrogen) atoms. The predicted octanol–water partition coefficient (Wildman–Crippen LogP) is 1.71. The first-order valence-electron chi connectivity index (χ1n) is 3.98. The molecule has 0 saturated carbocycles. The van der Waals surface area contributed by atoms with Crippen LogP contribution in [0, 0.1) is 0 Å². The average Bonchev–Trinajstić information content (AvgIpc) is 1.84. The molecular weight excluding hydrogens is 176 g/mol. The van der Waals surface area contributed by atoms with Gasteiger partial charge in [-0.2, -0.15) is 8.42 Å². The number of rotatable bonds is 6. The summed E-state index contributed by atoms with van der Waals surface area (Å²) in [6.45, 7) is 5.53. The maximum atomic E-state index is 10.7. The van der Waals surface area contributed by atoms with Crippen LogP contribution in [-0.4, -0.2) is 20.8 Å². The van der Waals surface area contributed by atoms with E-state index < -0.39 is 10.1 Å². The highest BCUT2D eigenvalue weighted by molar-refractivity contribution is 7.86. The molecule has 1 atom stereocenters. The third-order valence-electron chi connectivity index (χ3n) is 1.35. The van der Waals surface area contributed by atoms with Crippen molar-refractivity contribution in [3.63, 3.8) is 0 Å². The molecule has 0 aromatic rings. The molecule has 4 heteroatoms. The van der Waals surface area contributed by atoms with E-state index in [0.29, 0.717) is 6.42 Å². The van der Waals surface area contributed by atoms with Crippen molar-refractivity contribution in [1.29, 1.82) is 0 Å². The van der Waals surface area contributed by atoms with E-state index >= 15 is 0 Å². The second-order valence-corrected chi connectivity index (χ2v) is 4.34. The molecule has 0 fully saturated rings. The average molecular weight is 192 g/mol. The Hall–Kier alpha value is -0.350. The van der Waals surface area contributed by atoms with Crippen LogP contribution in [0.3, 0.4) is 0 Å². The topological polar surface area (TPSA) is 43.4 Å². The molecule has 0 saturated heterocycles. The van der Waals surface area contributed by atoms with Crippen molar-refractivity contribution in [2.75, 3.05) is 6.26 Å². The standard InChI is InChI=1S/C8H16O3S/c1-4-6-8(7-5-2)11-12(3,9)10/h4,8H,1,5-7H2,2-3H3/t8-/m0/s1. The zero-order chi connectivity index (χ0) is 9.61. The second-order valence-electron chi connectivity index (χ2n) is 2.74. The van der Waals surface area contributed by atoms with Gasteiger partial charge in [-0.05, 0) is 12.8 Å². The fraction of sp³-hybridized carbons (Fsp3) is 0.750. The Morgan fingerprint density at radius 3 is 2.50 bits per heavy atom. The van der Waals surface area contributed by atoms with Gasteiger partial charge in [0.25, 0.3) is 10.1 Å². The molecule has 0 heterocycles. The summed E-state index contributed by atoms with van der Waals surface area (Å²) in [4.78, 5) is 0. The van der Waals surface area contributed by atoms with E-state index in [4.69, 9.17) is 4.18 Å². The fourth-order valence-electron chi connectivity index (χ4n) is 0.960. The van der Waals surface area contributed by atoms with Crippen molar-refractivity contribution < 1.29 is 12.6 Å². The van der Waals surface area contributed by atoms with E-state index in [1.54, 1.807) is 6.08 Å². The zero-order valence-electron chi connectivity index (χ0n) is 7.62. The molecule has 0 amide bonds. The van der Waals surface area contributed by atoms with Crippen LogP contribution in [0.5, 0.6) is 0 Å². The molecule has 0 rings (SSSR count). The highest BCUT2D eigenvalue weighted by atomic mass is 32.2. The molecule has 0 aliphatic rings. The molecule has 0 aliphatic carbocycles. The molecule has 0 spiro atoms. The van der Waals surface area contributed by atoms with Gasteiger partial charge in [-0.15, -0.1) is 6.58 Å². The Balaban J connectivity index is 4.03. The third-order valence-corrected chi connectivity index (χ3v) is 1.97. The Bertz CT molecular complexity index is 218. The molecule has 3 nitrogen and oxygen atoms in total. The minimum absolute atomic E-state index is 0.234. The largest absolute Gasteiger partial charge is 0.267 e. The lowest BCUT2D eigenvalue weighted by Gasteiger charge is -2.12. The quantitative estimate of drug-likeness (QED) is 0.475. The Labute approximate surface area is 74.6 Å². The summed E-state index contributed by atoms with van der Waals surface area (Å²) in [5.74, 6) is 0. The van der Waals surface area contributed by atoms with Gasteiger partial charge < -0.3 is 0 Å². The summed E-state index contributed by atoms with van der Waals surface area (Å²) in [6.07, 6.45) is 4.75. The molecular formula is C8H16O3S. The van der Waals surface area contributed by atoms with E-state index in [9.17, 15) is 8.42 Å². The molecule has 0 N–H and O–H groups in total. The van der Waals surface area contributed by atoms with Gasteiger partial charge in [0.1, 0.15) is 0 Å². The van der Waals surface area contributed by atoms with Gasteiger partial charge in [-0.3, -0.25) is 4.18 Å². The van der Waals surface area contributed by atoms with Crippen molar-refractivity contribution in [3.05, 3.63) is 12.7 Å². The number of hydrogen-bond donors (Lipinski definition) is 0. The summed E-state index contributed by atoms with van der Waals surface area (Å²) in [5, 5.41) is 0. The van der Waals surface area contributed by atoms with Crippen LogP contribution < -0.4 is 0 Å². The predicted molar refractivity (Wildman–Crippen MR) is 49.4 cm³/mol. The minimum atomic E-state index is -3.32. The van der Waals surface area contributed by atoms with E-state index in [1.165, 1.54) is 0 Å². The first-order valence-corrected chi connectivity index (χ1v) is 5.80. The summed E-state index contributed by atoms with van der Waals surface area (Å²) >= 11 is 0. The monoisotopic (exact) mass is 192 g/mol. The maximum Gasteiger partial charge on any atom is 0.264 e. The highest BCUT2D eigenvalue weighted by Crippen LogP contribution is 2.09. The van der Waals surface area contributed by atoms with Crippen LogP contribution >= 0.6 is 0 Å². The molecule has 0 aromatic heterocycles. The van der Waals surface area contributed by atoms with Gasteiger partial charge in [-0.25, -0.2) is 0 Å². The van der Waals surface area contributed by atoms with Gasteiger partial charge in [0.15, 0.2) is 0 Å². The van der Waals surface area contributed by atoms with E-state index in [-0.39, 0.29) is 6.10 Å². The van der Waals surface area contributed by atoms with Gasteiger partial charge in [0.05, 0.1) is 12.4 Å². The van der Waals surface area contributed by atoms with Gasteiger partial charge in [0.2, 0.25) is 0 Å². The van der Waals surface area contributed by atoms with Crippen molar-refractivity contribution >= 4 is 10.1 Å². The minimum Gasteiger partial charge on any atom is -0.267 e. The van der Waals surface area contributed by atoms with Crippen LogP contribution in [0.1, 0.15) is 26.2 Å². The Morgan fingerprint density at radius 2 is 2.17 bits per heavy atom. The molecule has 0 aliphatic heterocycles. The van der Waals surface area contributed by atoms with Gasteiger partial charge in [-0.1, -0.05) is 19.4 Å². The normalized spacial score (nSPS) is 14.2. The van der Waals surface area contributed by atoms with E-state index in [0.717, 1.165) is 19.1 Å². The Morgan fingerprint density at radius 1 is 1.58 bits per heavy atom. The molecule has 72 valence electrons. The van der Waals surface area contributed by atoms with Crippen LogP contribution in [0.2, 0.25) is 0 Å². The smallest absolute Gasteiger partial charge is 0.264 e. The number of hydrogen-bond acceptors (Lipinski definition) is 3. The highest BCUT2D eigenvalue weighted by Gasteiger charge is 2.12. The SMILES string of the molecule is C=CC[C@@H](CCC)OS(C)(=O)=O. The van der Waals surface area contributed by atoms with Gasteiger partial charge >= 0.3 is 0 Å². The summed E-state index contributed by atoms with van der Waals surface area (Å²) in [7, 11) is -3.32. The van der Waals surface area contributed by atoms with Crippen molar-refractivity contribution in [2.45, 2.75) is 32.3 Å². The summed E-state index contributed by atoms with van der Waals surface area (Å²) < 4.78 is 26.3. The molecule has 0 bridgehead atoms. The van der Waals surface area contributed by atoms with Crippen LogP contribution in [0.25, 0.3) is 0 Å². The summed E-state index contributed by atoms with van der Waals surface area (Å²) in [5.41, 5.74) is 0. The second kappa shape index (κ2) is 5.32. The van der Waals surface area contributed by atoms with Crippen LogP contribution in [0.15, 0.2) is 12.7 Å². The van der Waals surface area contributed by atoms with Gasteiger partial charge in [0, 0.05) is 0 Å². The van der Waals surface area contributed by atoms with E-state index in [1.807, 2.05) is 6.92 Å². The lowest BCUT2D eigenvalue weighted by molar-refractivity contribution is 0.203. The first-order chi connectivity index (χ1) is 5.49. The fourth-order valence-corrected chi connectivity index (χ4v) is 1.63. The van der Waals surface area contributed by atoms with Crippen LogP contribution in [0.4, 0.5) is 0 Å². The Kier molecular flexibility index (Phi) is 5.17. The zero-order valence-corrected chi connectivity index (χ0v) is 8.43. The van der Waals surface area contributed by atoms with Crippen molar-refractivity contribution in [2.24, 2.45) is 0 Å². The summed E-state index contributed by atoms with van der Waals surface area (Å²) in [6, 6.07) is 0. The van der Waals surface area contributed by atoms with E-state index in [2.05, 4.69) is 6.58 Å². The first kappa shape index (κ1) is 11.6. The van der Waals surface area contributed by atoms with Crippen molar-refractivity contribution in [1.82, 2.24) is 0 Å². The van der Waals surface area contributed by atoms with Crippen molar-refractivity contribution in [3.8, 4) is 0 Å². The lowest BCUT2D eigenvalue weighted by Crippen LogP contribution is -2.16. The molecule has 0 unspecified atom stereocenters. The lowest BCUT2D eigenvalue weighted by atomic mass is 10.1. The molecule has 0 radical (unpaired) electrons. The maximum absolute atomic E-state index is 10.7. The van der Waals surface area contributed by atoms with Crippen LogP contribution in [-0.2, 0) is 14.3 Å². The third kappa shape index (κ3) is 6.37. The molecule has 0 aromatic carbocycles.